The molecule has 1 fully saturated rings. The molecule has 1 aliphatic rings. The molecule has 2 heterocycles. The maximum atomic E-state index is 5.32. The second-order valence-corrected chi connectivity index (χ2v) is 5.40. The van der Waals surface area contributed by atoms with E-state index in [1.165, 1.54) is 5.69 Å². The van der Waals surface area contributed by atoms with Crippen LogP contribution >= 0.6 is 0 Å². The van der Waals surface area contributed by atoms with Crippen molar-refractivity contribution in [1.29, 1.82) is 0 Å². The quantitative estimate of drug-likeness (QED) is 0.915. The number of furan rings is 1. The van der Waals surface area contributed by atoms with Gasteiger partial charge in [-0.25, -0.2) is 0 Å². The number of piperazine rings is 1. The van der Waals surface area contributed by atoms with Crippen molar-refractivity contribution in [3.63, 3.8) is 0 Å². The minimum atomic E-state index is 0.724. The monoisotopic (exact) mass is 285 g/mol. The van der Waals surface area contributed by atoms with E-state index >= 15 is 0 Å². The first-order valence-electron chi connectivity index (χ1n) is 7.69. The molecule has 0 amide bonds. The first kappa shape index (κ1) is 14.0. The summed E-state index contributed by atoms with van der Waals surface area (Å²) in [7, 11) is 0. The van der Waals surface area contributed by atoms with Crippen LogP contribution in [0.5, 0.6) is 0 Å². The van der Waals surface area contributed by atoms with Crippen LogP contribution in [0.3, 0.4) is 0 Å². The van der Waals surface area contributed by atoms with Crippen LogP contribution in [0.15, 0.2) is 47.1 Å². The molecule has 1 N–H and O–H groups in total. The number of likely N-dealkylation sites (N-methyl/N-ethyl adjacent to an activating group) is 1. The Bertz CT molecular complexity index is 528. The normalized spacial score (nSPS) is 16.1. The van der Waals surface area contributed by atoms with Gasteiger partial charge >= 0.3 is 0 Å². The van der Waals surface area contributed by atoms with Crippen molar-refractivity contribution >= 4 is 11.4 Å². The highest BCUT2D eigenvalue weighted by Crippen LogP contribution is 2.20. The Balaban J connectivity index is 1.54. The molecule has 4 nitrogen and oxygen atoms in total. The number of hydrogen-bond acceptors (Lipinski definition) is 4. The summed E-state index contributed by atoms with van der Waals surface area (Å²) in [6.07, 6.45) is 1.70. The zero-order valence-corrected chi connectivity index (χ0v) is 12.6. The zero-order valence-electron chi connectivity index (χ0n) is 12.6. The van der Waals surface area contributed by atoms with Gasteiger partial charge in [-0.2, -0.15) is 0 Å². The van der Waals surface area contributed by atoms with Gasteiger partial charge in [0.15, 0.2) is 0 Å². The molecule has 0 aliphatic carbocycles. The Kier molecular flexibility index (Phi) is 4.46. The Hall–Kier alpha value is -1.94. The first-order valence-corrected chi connectivity index (χ1v) is 7.69. The van der Waals surface area contributed by atoms with E-state index < -0.39 is 0 Å². The SMILES string of the molecule is CCN1CCN(c2ccc(NCc3ccco3)cc2)CC1. The Labute approximate surface area is 126 Å². The number of anilines is 2. The van der Waals surface area contributed by atoms with Crippen LogP contribution in [0.2, 0.25) is 0 Å². The molecule has 1 aliphatic heterocycles. The lowest BCUT2D eigenvalue weighted by atomic mass is 10.2. The molecule has 1 saturated heterocycles. The molecule has 1 aromatic heterocycles. The van der Waals surface area contributed by atoms with Gasteiger partial charge in [0.05, 0.1) is 12.8 Å². The van der Waals surface area contributed by atoms with Gasteiger partial charge < -0.3 is 19.5 Å². The fourth-order valence-corrected chi connectivity index (χ4v) is 2.71. The lowest BCUT2D eigenvalue weighted by molar-refractivity contribution is 0.271. The van der Waals surface area contributed by atoms with E-state index in [0.717, 1.165) is 50.7 Å². The summed E-state index contributed by atoms with van der Waals surface area (Å²) in [4.78, 5) is 4.96. The summed E-state index contributed by atoms with van der Waals surface area (Å²) in [6, 6.07) is 12.6. The predicted octanol–water partition coefficient (Wildman–Crippen LogP) is 3.03. The van der Waals surface area contributed by atoms with Gasteiger partial charge in [-0.3, -0.25) is 0 Å². The molecule has 0 spiro atoms. The second-order valence-electron chi connectivity index (χ2n) is 5.40. The highest BCUT2D eigenvalue weighted by molar-refractivity contribution is 5.55. The van der Waals surface area contributed by atoms with E-state index in [2.05, 4.69) is 46.3 Å². The van der Waals surface area contributed by atoms with E-state index in [9.17, 15) is 0 Å². The fraction of sp³-hybridized carbons (Fsp3) is 0.412. The number of nitrogens with zero attached hydrogens (tertiary/aromatic N) is 2. The molecule has 4 heteroatoms. The van der Waals surface area contributed by atoms with Gasteiger partial charge in [-0.05, 0) is 42.9 Å². The van der Waals surface area contributed by atoms with Gasteiger partial charge in [0.1, 0.15) is 5.76 Å². The summed E-state index contributed by atoms with van der Waals surface area (Å²) < 4.78 is 5.32. The molecule has 0 radical (unpaired) electrons. The van der Waals surface area contributed by atoms with Crippen LogP contribution in [0.4, 0.5) is 11.4 Å². The van der Waals surface area contributed by atoms with E-state index in [1.54, 1.807) is 6.26 Å². The summed E-state index contributed by atoms with van der Waals surface area (Å²) in [5.74, 6) is 0.953. The molecule has 0 bridgehead atoms. The van der Waals surface area contributed by atoms with Crippen molar-refractivity contribution in [2.75, 3.05) is 42.9 Å². The molecule has 112 valence electrons. The largest absolute Gasteiger partial charge is 0.467 e. The maximum Gasteiger partial charge on any atom is 0.122 e. The highest BCUT2D eigenvalue weighted by Gasteiger charge is 2.15. The van der Waals surface area contributed by atoms with Crippen molar-refractivity contribution in [1.82, 2.24) is 4.90 Å². The lowest BCUT2D eigenvalue weighted by Gasteiger charge is -2.35. The number of nitrogens with one attached hydrogen (secondary N) is 1. The van der Waals surface area contributed by atoms with Crippen molar-refractivity contribution in [2.45, 2.75) is 13.5 Å². The second kappa shape index (κ2) is 6.68. The molecule has 1 aromatic carbocycles. The summed E-state index contributed by atoms with van der Waals surface area (Å²) >= 11 is 0. The molecular weight excluding hydrogens is 262 g/mol. The fourth-order valence-electron chi connectivity index (χ4n) is 2.71. The number of rotatable bonds is 5. The minimum absolute atomic E-state index is 0.724. The summed E-state index contributed by atoms with van der Waals surface area (Å²) in [6.45, 7) is 8.67. The van der Waals surface area contributed by atoms with Gasteiger partial charge in [-0.15, -0.1) is 0 Å². The van der Waals surface area contributed by atoms with Gasteiger partial charge in [0, 0.05) is 37.6 Å². The molecular formula is C17H23N3O. The van der Waals surface area contributed by atoms with Crippen LogP contribution in [-0.2, 0) is 6.54 Å². The molecule has 2 aromatic rings. The molecule has 3 rings (SSSR count). The third-order valence-electron chi connectivity index (χ3n) is 4.10. The molecule has 0 atom stereocenters. The lowest BCUT2D eigenvalue weighted by Crippen LogP contribution is -2.46. The highest BCUT2D eigenvalue weighted by atomic mass is 16.3. The van der Waals surface area contributed by atoms with E-state index in [4.69, 9.17) is 4.42 Å². The predicted molar refractivity (Wildman–Crippen MR) is 86.8 cm³/mol. The first-order chi connectivity index (χ1) is 10.3. The van der Waals surface area contributed by atoms with Crippen LogP contribution in [0.25, 0.3) is 0 Å². The Morgan fingerprint density at radius 2 is 1.81 bits per heavy atom. The van der Waals surface area contributed by atoms with E-state index in [0.29, 0.717) is 0 Å². The minimum Gasteiger partial charge on any atom is -0.467 e. The standard InChI is InChI=1S/C17H23N3O/c1-2-19-9-11-20(12-10-19)16-7-5-15(6-8-16)18-14-17-4-3-13-21-17/h3-8,13,18H,2,9-12,14H2,1H3. The van der Waals surface area contributed by atoms with Crippen LogP contribution in [0.1, 0.15) is 12.7 Å². The Morgan fingerprint density at radius 3 is 2.43 bits per heavy atom. The topological polar surface area (TPSA) is 31.6 Å². The van der Waals surface area contributed by atoms with Crippen molar-refractivity contribution < 1.29 is 4.42 Å². The maximum absolute atomic E-state index is 5.32. The molecule has 0 unspecified atom stereocenters. The average Bonchev–Trinajstić information content (AvgIpc) is 3.07. The van der Waals surface area contributed by atoms with Crippen molar-refractivity contribution in [2.24, 2.45) is 0 Å². The summed E-state index contributed by atoms with van der Waals surface area (Å²) in [5.41, 5.74) is 2.44. The van der Waals surface area contributed by atoms with Gasteiger partial charge in [-0.1, -0.05) is 6.92 Å². The number of benzene rings is 1. The van der Waals surface area contributed by atoms with Gasteiger partial charge in [0.2, 0.25) is 0 Å². The zero-order chi connectivity index (χ0) is 14.5. The smallest absolute Gasteiger partial charge is 0.122 e. The van der Waals surface area contributed by atoms with Crippen LogP contribution in [-0.4, -0.2) is 37.6 Å². The van der Waals surface area contributed by atoms with Crippen molar-refractivity contribution in [3.05, 3.63) is 48.4 Å². The van der Waals surface area contributed by atoms with Crippen molar-refractivity contribution in [3.8, 4) is 0 Å². The van der Waals surface area contributed by atoms with E-state index in [1.807, 2.05) is 12.1 Å². The number of hydrogen-bond donors (Lipinski definition) is 1. The van der Waals surface area contributed by atoms with Gasteiger partial charge in [0.25, 0.3) is 0 Å². The molecule has 21 heavy (non-hydrogen) atoms. The summed E-state index contributed by atoms with van der Waals surface area (Å²) in [5, 5.41) is 3.37. The molecule has 0 saturated carbocycles. The van der Waals surface area contributed by atoms with Crippen LogP contribution in [0, 0.1) is 0 Å². The Morgan fingerprint density at radius 1 is 1.05 bits per heavy atom. The average molecular weight is 285 g/mol. The van der Waals surface area contributed by atoms with Crippen LogP contribution < -0.4 is 10.2 Å². The third kappa shape index (κ3) is 3.58. The van der Waals surface area contributed by atoms with E-state index in [-0.39, 0.29) is 0 Å². The third-order valence-corrected chi connectivity index (χ3v) is 4.10.